The first kappa shape index (κ1) is 17.1. The summed E-state index contributed by atoms with van der Waals surface area (Å²) in [6, 6.07) is 8.38. The van der Waals surface area contributed by atoms with Gasteiger partial charge in [0.05, 0.1) is 0 Å². The summed E-state index contributed by atoms with van der Waals surface area (Å²) in [4.78, 5) is 19.3. The number of aryl methyl sites for hydroxylation is 1. The van der Waals surface area contributed by atoms with Crippen LogP contribution in [0, 0.1) is 0 Å². The molecule has 1 saturated heterocycles. The highest BCUT2D eigenvalue weighted by atomic mass is 16.2. The van der Waals surface area contributed by atoms with E-state index in [4.69, 9.17) is 0 Å². The zero-order valence-corrected chi connectivity index (χ0v) is 15.5. The van der Waals surface area contributed by atoms with Gasteiger partial charge in [-0.1, -0.05) is 12.1 Å². The van der Waals surface area contributed by atoms with E-state index in [-0.39, 0.29) is 12.1 Å². The van der Waals surface area contributed by atoms with E-state index in [1.807, 2.05) is 24.4 Å². The predicted octanol–water partition coefficient (Wildman–Crippen LogP) is 3.10. The summed E-state index contributed by atoms with van der Waals surface area (Å²) < 4.78 is 2.30. The molecule has 0 bridgehead atoms. The van der Waals surface area contributed by atoms with Gasteiger partial charge in [-0.25, -0.2) is 9.78 Å². The van der Waals surface area contributed by atoms with Crippen molar-refractivity contribution in [2.75, 3.05) is 18.9 Å². The number of aromatic nitrogens is 2. The molecule has 0 spiro atoms. The largest absolute Gasteiger partial charge is 0.334 e. The first-order valence-electron chi connectivity index (χ1n) is 9.54. The third kappa shape index (κ3) is 3.33. The molecule has 1 aromatic heterocycles. The number of rotatable bonds is 3. The molecule has 26 heavy (non-hydrogen) atoms. The Labute approximate surface area is 154 Å². The van der Waals surface area contributed by atoms with Crippen LogP contribution in [0.3, 0.4) is 0 Å². The molecule has 2 amide bonds. The minimum atomic E-state index is -0.139. The molecule has 1 fully saturated rings. The first-order chi connectivity index (χ1) is 12.6. The molecule has 2 unspecified atom stereocenters. The lowest BCUT2D eigenvalue weighted by molar-refractivity contribution is 0.243. The molecule has 2 aromatic rings. The molecule has 0 aliphatic carbocycles. The van der Waals surface area contributed by atoms with Gasteiger partial charge < -0.3 is 20.1 Å². The minimum absolute atomic E-state index is 0.139. The van der Waals surface area contributed by atoms with Gasteiger partial charge in [-0.3, -0.25) is 0 Å². The zero-order valence-electron chi connectivity index (χ0n) is 15.5. The fraction of sp³-hybridized carbons (Fsp3) is 0.500. The second-order valence-electron chi connectivity index (χ2n) is 7.48. The van der Waals surface area contributed by atoms with Gasteiger partial charge in [-0.05, 0) is 51.8 Å². The van der Waals surface area contributed by atoms with Crippen molar-refractivity contribution >= 4 is 11.7 Å². The Kier molecular flexibility index (Phi) is 4.68. The van der Waals surface area contributed by atoms with Crippen LogP contribution in [0.5, 0.6) is 0 Å². The lowest BCUT2D eigenvalue weighted by Gasteiger charge is -2.21. The van der Waals surface area contributed by atoms with Gasteiger partial charge in [-0.15, -0.1) is 0 Å². The fourth-order valence-electron chi connectivity index (χ4n) is 4.03. The van der Waals surface area contributed by atoms with Crippen molar-refractivity contribution in [3.8, 4) is 11.4 Å². The average molecular weight is 353 g/mol. The lowest BCUT2D eigenvalue weighted by atomic mass is 10.1. The zero-order chi connectivity index (χ0) is 18.1. The molecule has 6 nitrogen and oxygen atoms in total. The Hall–Kier alpha value is -2.34. The van der Waals surface area contributed by atoms with Crippen molar-refractivity contribution < 1.29 is 4.79 Å². The molecule has 138 valence electrons. The Morgan fingerprint density at radius 3 is 2.96 bits per heavy atom. The van der Waals surface area contributed by atoms with Gasteiger partial charge >= 0.3 is 6.03 Å². The third-order valence-corrected chi connectivity index (χ3v) is 5.77. The van der Waals surface area contributed by atoms with Gasteiger partial charge in [0.1, 0.15) is 5.82 Å². The van der Waals surface area contributed by atoms with Crippen molar-refractivity contribution in [1.82, 2.24) is 19.8 Å². The average Bonchev–Trinajstić information content (AvgIpc) is 3.21. The van der Waals surface area contributed by atoms with Crippen LogP contribution >= 0.6 is 0 Å². The molecule has 6 heteroatoms. The molecule has 4 rings (SSSR count). The van der Waals surface area contributed by atoms with Crippen LogP contribution in [0.4, 0.5) is 10.5 Å². The number of carbonyl (C=O) groups excluding carboxylic acids is 1. The SMILES string of the molecule is CC1C(NC(=O)Nc2cccc(-c3ncc4n3CCCC4)c2)CCN1C. The van der Waals surface area contributed by atoms with E-state index in [0.29, 0.717) is 6.04 Å². The smallest absolute Gasteiger partial charge is 0.319 e. The molecule has 0 saturated carbocycles. The molecular weight excluding hydrogens is 326 g/mol. The summed E-state index contributed by atoms with van der Waals surface area (Å²) >= 11 is 0. The van der Waals surface area contributed by atoms with Gasteiger partial charge in [0.15, 0.2) is 0 Å². The van der Waals surface area contributed by atoms with Crippen molar-refractivity contribution in [1.29, 1.82) is 0 Å². The maximum absolute atomic E-state index is 12.4. The maximum Gasteiger partial charge on any atom is 0.319 e. The van der Waals surface area contributed by atoms with Crippen molar-refractivity contribution in [2.24, 2.45) is 0 Å². The van der Waals surface area contributed by atoms with Crippen molar-refractivity contribution in [3.05, 3.63) is 36.2 Å². The van der Waals surface area contributed by atoms with E-state index < -0.39 is 0 Å². The highest BCUT2D eigenvalue weighted by Crippen LogP contribution is 2.26. The Balaban J connectivity index is 1.46. The van der Waals surface area contributed by atoms with Crippen LogP contribution in [0.25, 0.3) is 11.4 Å². The predicted molar refractivity (Wildman–Crippen MR) is 103 cm³/mol. The second-order valence-corrected chi connectivity index (χ2v) is 7.48. The molecule has 0 radical (unpaired) electrons. The monoisotopic (exact) mass is 353 g/mol. The number of hydrogen-bond acceptors (Lipinski definition) is 3. The molecule has 2 aliphatic heterocycles. The third-order valence-electron chi connectivity index (χ3n) is 5.77. The van der Waals surface area contributed by atoms with Gasteiger partial charge in [0.2, 0.25) is 0 Å². The quantitative estimate of drug-likeness (QED) is 0.891. The van der Waals surface area contributed by atoms with Crippen molar-refractivity contribution in [2.45, 2.75) is 51.2 Å². The van der Waals surface area contributed by atoms with Crippen LogP contribution < -0.4 is 10.6 Å². The summed E-state index contributed by atoms with van der Waals surface area (Å²) in [5, 5.41) is 6.08. The summed E-state index contributed by atoms with van der Waals surface area (Å²) in [5.41, 5.74) is 3.15. The van der Waals surface area contributed by atoms with Crippen molar-refractivity contribution in [3.63, 3.8) is 0 Å². The second kappa shape index (κ2) is 7.11. The molecule has 2 atom stereocenters. The standard InChI is InChI=1S/C20H27N5O/c1-14-18(9-11-24(14)2)23-20(26)22-16-7-5-6-15(12-16)19-21-13-17-8-3-4-10-25(17)19/h5-7,12-14,18H,3-4,8-11H2,1-2H3,(H2,22,23,26). The summed E-state index contributed by atoms with van der Waals surface area (Å²) in [5.74, 6) is 0.995. The highest BCUT2D eigenvalue weighted by molar-refractivity contribution is 5.90. The first-order valence-corrected chi connectivity index (χ1v) is 9.54. The number of anilines is 1. The number of likely N-dealkylation sites (tertiary alicyclic amines) is 1. The summed E-state index contributed by atoms with van der Waals surface area (Å²) in [6.07, 6.45) is 6.51. The number of likely N-dealkylation sites (N-methyl/N-ethyl adjacent to an activating group) is 1. The van der Waals surface area contributed by atoms with Gasteiger partial charge in [0.25, 0.3) is 0 Å². The lowest BCUT2D eigenvalue weighted by Crippen LogP contribution is -2.44. The van der Waals surface area contributed by atoms with E-state index in [2.05, 4.69) is 45.1 Å². The highest BCUT2D eigenvalue weighted by Gasteiger charge is 2.29. The van der Waals surface area contributed by atoms with E-state index >= 15 is 0 Å². The number of nitrogens with one attached hydrogen (secondary N) is 2. The number of benzene rings is 1. The molecule has 3 heterocycles. The molecular formula is C20H27N5O. The van der Waals surface area contributed by atoms with Crippen LogP contribution in [0.15, 0.2) is 30.5 Å². The number of amides is 2. The molecule has 2 N–H and O–H groups in total. The fourth-order valence-corrected chi connectivity index (χ4v) is 4.03. The Bertz CT molecular complexity index is 799. The van der Waals surface area contributed by atoms with Crippen LogP contribution in [0.2, 0.25) is 0 Å². The van der Waals surface area contributed by atoms with Gasteiger partial charge in [0, 0.05) is 48.3 Å². The topological polar surface area (TPSA) is 62.2 Å². The van der Waals surface area contributed by atoms with Crippen LogP contribution in [-0.4, -0.2) is 46.2 Å². The minimum Gasteiger partial charge on any atom is -0.334 e. The summed E-state index contributed by atoms with van der Waals surface area (Å²) in [7, 11) is 2.10. The number of imidazole rings is 1. The normalized spacial score (nSPS) is 22.8. The number of hydrogen-bond donors (Lipinski definition) is 2. The van der Waals surface area contributed by atoms with E-state index in [1.54, 1.807) is 0 Å². The van der Waals surface area contributed by atoms with E-state index in [0.717, 1.165) is 43.0 Å². The van der Waals surface area contributed by atoms with Crippen LogP contribution in [-0.2, 0) is 13.0 Å². The Morgan fingerprint density at radius 2 is 2.15 bits per heavy atom. The number of nitrogens with zero attached hydrogens (tertiary/aromatic N) is 3. The number of carbonyl (C=O) groups is 1. The van der Waals surface area contributed by atoms with E-state index in [9.17, 15) is 4.79 Å². The molecule has 2 aliphatic rings. The summed E-state index contributed by atoms with van der Waals surface area (Å²) in [6.45, 7) is 4.20. The Morgan fingerprint density at radius 1 is 1.27 bits per heavy atom. The van der Waals surface area contributed by atoms with Crippen LogP contribution in [0.1, 0.15) is 31.9 Å². The molecule has 1 aromatic carbocycles. The van der Waals surface area contributed by atoms with E-state index in [1.165, 1.54) is 18.5 Å². The maximum atomic E-state index is 12.4. The van der Waals surface area contributed by atoms with Gasteiger partial charge in [-0.2, -0.15) is 0 Å². The number of urea groups is 1. The number of fused-ring (bicyclic) bond motifs is 1.